The molecule has 0 aromatic heterocycles. The van der Waals surface area contributed by atoms with Crippen molar-refractivity contribution in [2.45, 2.75) is 25.7 Å². The fourth-order valence-electron chi connectivity index (χ4n) is 2.20. The van der Waals surface area contributed by atoms with Crippen LogP contribution in [0.2, 0.25) is 0 Å². The van der Waals surface area contributed by atoms with E-state index in [9.17, 15) is 0 Å². The third kappa shape index (κ3) is 6.04. The lowest BCUT2D eigenvalue weighted by molar-refractivity contribution is 0.108. The molecule has 1 N–H and O–H groups in total. The molecule has 0 saturated carbocycles. The largest absolute Gasteiger partial charge is 0.396 e. The molecule has 16 heavy (non-hydrogen) atoms. The number of nitrogens with zero attached hydrogens (tertiary/aromatic N) is 1. The second-order valence-corrected chi connectivity index (χ2v) is 4.83. The number of alkyl halides is 1. The Hall–Kier alpha value is 0.170. The van der Waals surface area contributed by atoms with Gasteiger partial charge in [0.2, 0.25) is 0 Å². The number of piperidine rings is 1. The van der Waals surface area contributed by atoms with Gasteiger partial charge < -0.3 is 14.7 Å². The third-order valence-electron chi connectivity index (χ3n) is 3.23. The Morgan fingerprint density at radius 2 is 2.00 bits per heavy atom. The number of hydrogen-bond donors (Lipinski definition) is 1. The number of likely N-dealkylation sites (tertiary alicyclic amines) is 1. The van der Waals surface area contributed by atoms with Crippen molar-refractivity contribution in [1.82, 2.24) is 4.90 Å². The fourth-order valence-corrected chi connectivity index (χ4v) is 2.31. The topological polar surface area (TPSA) is 32.7 Å². The van der Waals surface area contributed by atoms with Crippen LogP contribution >= 0.6 is 11.6 Å². The summed E-state index contributed by atoms with van der Waals surface area (Å²) in [5, 5.41) is 8.76. The number of hydrogen-bond acceptors (Lipinski definition) is 3. The highest BCUT2D eigenvalue weighted by Crippen LogP contribution is 2.20. The molecular formula is C12H24ClNO2. The van der Waals surface area contributed by atoms with Gasteiger partial charge in [-0.15, -0.1) is 11.6 Å². The Labute approximate surface area is 104 Å². The summed E-state index contributed by atoms with van der Waals surface area (Å²) >= 11 is 5.54. The number of rotatable bonds is 8. The van der Waals surface area contributed by atoms with E-state index >= 15 is 0 Å². The van der Waals surface area contributed by atoms with Crippen molar-refractivity contribution in [3.8, 4) is 0 Å². The molecule has 0 amide bonds. The molecule has 1 heterocycles. The Bertz CT molecular complexity index is 161. The van der Waals surface area contributed by atoms with E-state index in [0.717, 1.165) is 25.5 Å². The summed E-state index contributed by atoms with van der Waals surface area (Å²) in [6, 6.07) is 0. The summed E-state index contributed by atoms with van der Waals surface area (Å²) < 4.78 is 5.40. The summed E-state index contributed by atoms with van der Waals surface area (Å²) in [4.78, 5) is 2.45. The molecule has 0 aromatic carbocycles. The maximum Gasteiger partial charge on any atom is 0.0601 e. The molecule has 1 aliphatic rings. The number of ether oxygens (including phenoxy) is 1. The zero-order chi connectivity index (χ0) is 11.6. The third-order valence-corrected chi connectivity index (χ3v) is 3.39. The predicted octanol–water partition coefficient (Wildman–Crippen LogP) is 1.73. The number of aliphatic hydroxyl groups excluding tert-OH is 1. The van der Waals surface area contributed by atoms with Gasteiger partial charge in [-0.25, -0.2) is 0 Å². The van der Waals surface area contributed by atoms with Crippen molar-refractivity contribution in [1.29, 1.82) is 0 Å². The first-order chi connectivity index (χ1) is 7.86. The molecule has 0 atom stereocenters. The van der Waals surface area contributed by atoms with Crippen LogP contribution in [0.15, 0.2) is 0 Å². The Morgan fingerprint density at radius 1 is 1.25 bits per heavy atom. The van der Waals surface area contributed by atoms with Crippen molar-refractivity contribution in [3.63, 3.8) is 0 Å². The van der Waals surface area contributed by atoms with Gasteiger partial charge in [-0.2, -0.15) is 0 Å². The average molecular weight is 250 g/mol. The number of halogens is 1. The maximum atomic E-state index is 8.76. The summed E-state index contributed by atoms with van der Waals surface area (Å²) in [7, 11) is 0. The molecule has 1 fully saturated rings. The molecule has 4 heteroatoms. The minimum Gasteiger partial charge on any atom is -0.396 e. The first kappa shape index (κ1) is 14.2. The van der Waals surface area contributed by atoms with E-state index in [1.165, 1.54) is 32.4 Å². The van der Waals surface area contributed by atoms with Crippen LogP contribution in [0.5, 0.6) is 0 Å². The monoisotopic (exact) mass is 249 g/mol. The second kappa shape index (κ2) is 9.23. The lowest BCUT2D eigenvalue weighted by Crippen LogP contribution is -2.35. The molecule has 3 nitrogen and oxygen atoms in total. The van der Waals surface area contributed by atoms with Crippen LogP contribution in [-0.4, -0.2) is 55.3 Å². The van der Waals surface area contributed by atoms with E-state index in [2.05, 4.69) is 4.90 Å². The lowest BCUT2D eigenvalue weighted by atomic mass is 9.94. The van der Waals surface area contributed by atoms with Gasteiger partial charge in [0.25, 0.3) is 0 Å². The van der Waals surface area contributed by atoms with Crippen molar-refractivity contribution in [2.75, 3.05) is 45.3 Å². The van der Waals surface area contributed by atoms with Gasteiger partial charge >= 0.3 is 0 Å². The predicted molar refractivity (Wildman–Crippen MR) is 67.0 cm³/mol. The molecule has 0 radical (unpaired) electrons. The molecule has 96 valence electrons. The molecule has 0 spiro atoms. The van der Waals surface area contributed by atoms with Crippen LogP contribution in [0.1, 0.15) is 25.7 Å². The zero-order valence-electron chi connectivity index (χ0n) is 10.0. The molecule has 0 aromatic rings. The second-order valence-electron chi connectivity index (χ2n) is 4.45. The van der Waals surface area contributed by atoms with Gasteiger partial charge in [0.05, 0.1) is 6.61 Å². The van der Waals surface area contributed by atoms with E-state index in [-0.39, 0.29) is 0 Å². The molecule has 1 saturated heterocycles. The molecule has 0 aliphatic carbocycles. The van der Waals surface area contributed by atoms with Gasteiger partial charge in [-0.3, -0.25) is 0 Å². The Balaban J connectivity index is 1.98. The van der Waals surface area contributed by atoms with Gasteiger partial charge in [0.1, 0.15) is 0 Å². The Kier molecular flexibility index (Phi) is 8.21. The van der Waals surface area contributed by atoms with E-state index in [1.807, 2.05) is 0 Å². The highest BCUT2D eigenvalue weighted by Gasteiger charge is 2.18. The van der Waals surface area contributed by atoms with Crippen molar-refractivity contribution in [2.24, 2.45) is 5.92 Å². The van der Waals surface area contributed by atoms with Crippen LogP contribution < -0.4 is 0 Å². The molecular weight excluding hydrogens is 226 g/mol. The van der Waals surface area contributed by atoms with Crippen LogP contribution in [-0.2, 0) is 4.74 Å². The summed E-state index contributed by atoms with van der Waals surface area (Å²) in [5.74, 6) is 1.42. The molecule has 0 unspecified atom stereocenters. The van der Waals surface area contributed by atoms with Crippen LogP contribution in [0, 0.1) is 5.92 Å². The van der Waals surface area contributed by atoms with Gasteiger partial charge in [0.15, 0.2) is 0 Å². The SMILES string of the molecule is OCCCN1CCC(CCOCCCl)CC1. The lowest BCUT2D eigenvalue weighted by Gasteiger charge is -2.31. The normalized spacial score (nSPS) is 19.1. The smallest absolute Gasteiger partial charge is 0.0601 e. The van der Waals surface area contributed by atoms with Crippen molar-refractivity contribution in [3.05, 3.63) is 0 Å². The minimum atomic E-state index is 0.312. The van der Waals surface area contributed by atoms with Gasteiger partial charge in [-0.1, -0.05) is 0 Å². The van der Waals surface area contributed by atoms with Crippen molar-refractivity contribution < 1.29 is 9.84 Å². The summed E-state index contributed by atoms with van der Waals surface area (Å²) in [6.07, 6.45) is 4.62. The quantitative estimate of drug-likeness (QED) is 0.525. The zero-order valence-corrected chi connectivity index (χ0v) is 10.8. The molecule has 0 bridgehead atoms. The van der Waals surface area contributed by atoms with E-state index in [4.69, 9.17) is 21.4 Å². The summed E-state index contributed by atoms with van der Waals surface area (Å²) in [5.41, 5.74) is 0. The standard InChI is InChI=1S/C12H24ClNO2/c13-5-11-16-10-4-12-2-7-14(8-3-12)6-1-9-15/h12,15H,1-11H2. The first-order valence-corrected chi connectivity index (χ1v) is 6.87. The van der Waals surface area contributed by atoms with E-state index in [1.54, 1.807) is 0 Å². The highest BCUT2D eigenvalue weighted by atomic mass is 35.5. The van der Waals surface area contributed by atoms with Crippen LogP contribution in [0.3, 0.4) is 0 Å². The average Bonchev–Trinajstić information content (AvgIpc) is 2.33. The minimum absolute atomic E-state index is 0.312. The molecule has 1 rings (SSSR count). The van der Waals surface area contributed by atoms with Crippen LogP contribution in [0.25, 0.3) is 0 Å². The Morgan fingerprint density at radius 3 is 2.62 bits per heavy atom. The van der Waals surface area contributed by atoms with Crippen molar-refractivity contribution >= 4 is 11.6 Å². The number of aliphatic hydroxyl groups is 1. The van der Waals surface area contributed by atoms with Crippen LogP contribution in [0.4, 0.5) is 0 Å². The van der Waals surface area contributed by atoms with E-state index < -0.39 is 0 Å². The maximum absolute atomic E-state index is 8.76. The fraction of sp³-hybridized carbons (Fsp3) is 1.00. The van der Waals surface area contributed by atoms with Gasteiger partial charge in [0, 0.05) is 25.6 Å². The summed E-state index contributed by atoms with van der Waals surface area (Å²) in [6.45, 7) is 5.25. The van der Waals surface area contributed by atoms with E-state index in [0.29, 0.717) is 19.1 Å². The molecule has 1 aliphatic heterocycles. The highest BCUT2D eigenvalue weighted by molar-refractivity contribution is 6.17. The first-order valence-electron chi connectivity index (χ1n) is 6.33. The van der Waals surface area contributed by atoms with Gasteiger partial charge in [-0.05, 0) is 44.7 Å².